The molecule has 1 saturated heterocycles. The van der Waals surface area contributed by atoms with Crippen LogP contribution in [0.15, 0.2) is 18.2 Å². The Morgan fingerprint density at radius 3 is 2.50 bits per heavy atom. The van der Waals surface area contributed by atoms with E-state index in [-0.39, 0.29) is 42.8 Å². The quantitative estimate of drug-likeness (QED) is 0.356. The summed E-state index contributed by atoms with van der Waals surface area (Å²) in [5.74, 6) is -5.84. The second-order valence-electron chi connectivity index (χ2n) is 8.01. The highest BCUT2D eigenvalue weighted by Gasteiger charge is 2.32. The molecule has 0 bridgehead atoms. The fraction of sp³-hybridized carbons (Fsp3) is 0.458. The van der Waals surface area contributed by atoms with Crippen LogP contribution in [0.5, 0.6) is 23.0 Å². The third kappa shape index (κ3) is 4.28. The summed E-state index contributed by atoms with van der Waals surface area (Å²) in [6, 6.07) is 4.29. The van der Waals surface area contributed by atoms with Crippen LogP contribution in [0.25, 0.3) is 0 Å². The highest BCUT2D eigenvalue weighted by molar-refractivity contribution is 5.75. The minimum absolute atomic E-state index is 0.0305. The standard InChI is InChI=1S/C24H25F3O5/c1-3-5-16-8-6-14(12-30-16)24(28)31-18-11-15-10-13-7-9-17(29-4-2)20(26)22(13)32-23(15)21(27)19(18)25/h7,9,11,14,16H,3-6,8,10,12H2,1-2H3. The Balaban J connectivity index is 1.53. The lowest BCUT2D eigenvalue weighted by molar-refractivity contribution is -0.145. The molecule has 32 heavy (non-hydrogen) atoms. The Morgan fingerprint density at radius 2 is 1.81 bits per heavy atom. The summed E-state index contributed by atoms with van der Waals surface area (Å²) in [5.41, 5.74) is 0.704. The number of halogens is 3. The monoisotopic (exact) mass is 450 g/mol. The number of carbonyl (C=O) groups excluding carboxylic acids is 1. The van der Waals surface area contributed by atoms with Gasteiger partial charge < -0.3 is 18.9 Å². The van der Waals surface area contributed by atoms with E-state index in [0.29, 0.717) is 18.4 Å². The van der Waals surface area contributed by atoms with Gasteiger partial charge in [-0.15, -0.1) is 0 Å². The van der Waals surface area contributed by atoms with Gasteiger partial charge in [0.25, 0.3) is 0 Å². The van der Waals surface area contributed by atoms with Crippen LogP contribution in [-0.2, 0) is 16.0 Å². The molecule has 2 aliphatic rings. The number of hydrogen-bond acceptors (Lipinski definition) is 5. The summed E-state index contributed by atoms with van der Waals surface area (Å²) in [7, 11) is 0. The van der Waals surface area contributed by atoms with Crippen molar-refractivity contribution in [2.45, 2.75) is 52.1 Å². The third-order valence-corrected chi connectivity index (χ3v) is 5.76. The van der Waals surface area contributed by atoms with E-state index in [4.69, 9.17) is 18.9 Å². The van der Waals surface area contributed by atoms with Gasteiger partial charge in [0.1, 0.15) is 0 Å². The second kappa shape index (κ2) is 9.40. The zero-order valence-electron chi connectivity index (χ0n) is 18.0. The van der Waals surface area contributed by atoms with E-state index in [1.807, 2.05) is 0 Å². The first kappa shape index (κ1) is 22.5. The van der Waals surface area contributed by atoms with Crippen molar-refractivity contribution in [3.63, 3.8) is 0 Å². The van der Waals surface area contributed by atoms with Crippen LogP contribution in [-0.4, -0.2) is 25.3 Å². The molecule has 2 aromatic carbocycles. The Kier molecular flexibility index (Phi) is 6.60. The maximum absolute atomic E-state index is 14.8. The van der Waals surface area contributed by atoms with Crippen LogP contribution >= 0.6 is 0 Å². The van der Waals surface area contributed by atoms with Crippen LogP contribution < -0.4 is 14.2 Å². The predicted molar refractivity (Wildman–Crippen MR) is 110 cm³/mol. The van der Waals surface area contributed by atoms with Crippen LogP contribution in [0.2, 0.25) is 0 Å². The Hall–Kier alpha value is -2.74. The Labute approximate surface area is 184 Å². The summed E-state index contributed by atoms with van der Waals surface area (Å²) in [6.07, 6.45) is 3.39. The van der Waals surface area contributed by atoms with Crippen LogP contribution in [0.3, 0.4) is 0 Å². The highest BCUT2D eigenvalue weighted by Crippen LogP contribution is 2.44. The van der Waals surface area contributed by atoms with Gasteiger partial charge in [-0.1, -0.05) is 19.4 Å². The average molecular weight is 450 g/mol. The minimum atomic E-state index is -1.36. The lowest BCUT2D eigenvalue weighted by Gasteiger charge is -2.28. The van der Waals surface area contributed by atoms with Gasteiger partial charge in [0.05, 0.1) is 25.2 Å². The molecule has 0 amide bonds. The molecule has 0 N–H and O–H groups in total. The molecular weight excluding hydrogens is 425 g/mol. The van der Waals surface area contributed by atoms with E-state index in [0.717, 1.165) is 12.8 Å². The SMILES string of the molecule is CCCC1CCC(C(=O)Oc2cc3c(c(F)c2F)Oc2c(ccc(OCC)c2F)C3)CO1. The van der Waals surface area contributed by atoms with Gasteiger partial charge in [-0.3, -0.25) is 4.79 Å². The van der Waals surface area contributed by atoms with Crippen LogP contribution in [0.1, 0.15) is 50.7 Å². The van der Waals surface area contributed by atoms with Crippen molar-refractivity contribution in [3.05, 3.63) is 46.8 Å². The molecule has 2 unspecified atom stereocenters. The van der Waals surface area contributed by atoms with Crippen molar-refractivity contribution in [1.29, 1.82) is 0 Å². The van der Waals surface area contributed by atoms with Crippen molar-refractivity contribution in [2.24, 2.45) is 5.92 Å². The van der Waals surface area contributed by atoms with E-state index in [2.05, 4.69) is 6.92 Å². The number of esters is 1. The zero-order chi connectivity index (χ0) is 22.8. The fourth-order valence-electron chi connectivity index (χ4n) is 4.09. The molecule has 1 fully saturated rings. The van der Waals surface area contributed by atoms with Crippen molar-refractivity contribution in [3.8, 4) is 23.0 Å². The molecule has 172 valence electrons. The van der Waals surface area contributed by atoms with Gasteiger partial charge in [-0.05, 0) is 38.3 Å². The minimum Gasteiger partial charge on any atom is -0.491 e. The summed E-state index contributed by atoms with van der Waals surface area (Å²) in [5, 5.41) is 0. The first-order chi connectivity index (χ1) is 15.4. The highest BCUT2D eigenvalue weighted by atomic mass is 19.2. The van der Waals surface area contributed by atoms with Gasteiger partial charge in [0.15, 0.2) is 23.0 Å². The second-order valence-corrected chi connectivity index (χ2v) is 8.01. The number of fused-ring (bicyclic) bond motifs is 2. The van der Waals surface area contributed by atoms with E-state index >= 15 is 0 Å². The summed E-state index contributed by atoms with van der Waals surface area (Å²) in [6.45, 7) is 4.20. The number of carbonyl (C=O) groups is 1. The third-order valence-electron chi connectivity index (χ3n) is 5.76. The average Bonchev–Trinajstić information content (AvgIpc) is 2.79. The summed E-state index contributed by atoms with van der Waals surface area (Å²) in [4.78, 5) is 12.5. The normalized spacial score (nSPS) is 19.5. The largest absolute Gasteiger partial charge is 0.491 e. The predicted octanol–water partition coefficient (Wildman–Crippen LogP) is 5.70. The van der Waals surface area contributed by atoms with Crippen molar-refractivity contribution in [2.75, 3.05) is 13.2 Å². The zero-order valence-corrected chi connectivity index (χ0v) is 18.0. The van der Waals surface area contributed by atoms with Gasteiger partial charge in [-0.2, -0.15) is 13.2 Å². The number of ether oxygens (including phenoxy) is 4. The van der Waals surface area contributed by atoms with Crippen molar-refractivity contribution < 1.29 is 36.9 Å². The number of rotatable bonds is 6. The van der Waals surface area contributed by atoms with Crippen molar-refractivity contribution in [1.82, 2.24) is 0 Å². The molecule has 4 rings (SSSR count). The molecule has 2 atom stereocenters. The smallest absolute Gasteiger partial charge is 0.316 e. The molecule has 0 saturated carbocycles. The molecule has 0 aliphatic carbocycles. The first-order valence-electron chi connectivity index (χ1n) is 10.9. The topological polar surface area (TPSA) is 54.0 Å². The molecule has 0 radical (unpaired) electrons. The maximum Gasteiger partial charge on any atom is 0.316 e. The fourth-order valence-corrected chi connectivity index (χ4v) is 4.09. The van der Waals surface area contributed by atoms with Gasteiger partial charge in [0, 0.05) is 17.5 Å². The lowest BCUT2D eigenvalue weighted by atomic mass is 9.96. The molecule has 0 aromatic heterocycles. The molecule has 2 aliphatic heterocycles. The molecule has 2 aromatic rings. The van der Waals surface area contributed by atoms with Gasteiger partial charge in [0.2, 0.25) is 17.5 Å². The van der Waals surface area contributed by atoms with E-state index in [1.165, 1.54) is 12.1 Å². The number of hydrogen-bond donors (Lipinski definition) is 0. The molecule has 0 spiro atoms. The van der Waals surface area contributed by atoms with Crippen LogP contribution in [0.4, 0.5) is 13.2 Å². The molecule has 8 heteroatoms. The first-order valence-corrected chi connectivity index (χ1v) is 10.9. The molecule has 5 nitrogen and oxygen atoms in total. The maximum atomic E-state index is 14.8. The Bertz CT molecular complexity index is 1020. The van der Waals surface area contributed by atoms with E-state index in [1.54, 1.807) is 13.0 Å². The van der Waals surface area contributed by atoms with Crippen LogP contribution in [0, 0.1) is 23.4 Å². The van der Waals surface area contributed by atoms with E-state index in [9.17, 15) is 18.0 Å². The van der Waals surface area contributed by atoms with E-state index < -0.39 is 40.8 Å². The number of benzene rings is 2. The van der Waals surface area contributed by atoms with Crippen molar-refractivity contribution >= 4 is 5.97 Å². The van der Waals surface area contributed by atoms with Gasteiger partial charge >= 0.3 is 5.97 Å². The van der Waals surface area contributed by atoms with Gasteiger partial charge in [-0.25, -0.2) is 0 Å². The lowest BCUT2D eigenvalue weighted by Crippen LogP contribution is -2.33. The molecular formula is C24H25F3O5. The summed E-state index contributed by atoms with van der Waals surface area (Å²) >= 11 is 0. The molecule has 2 heterocycles. The summed E-state index contributed by atoms with van der Waals surface area (Å²) < 4.78 is 65.6. The Morgan fingerprint density at radius 1 is 1.03 bits per heavy atom.